The van der Waals surface area contributed by atoms with E-state index in [0.29, 0.717) is 18.1 Å². The first-order valence-electron chi connectivity index (χ1n) is 9.04. The zero-order valence-corrected chi connectivity index (χ0v) is 16.4. The Morgan fingerprint density at radius 2 is 1.81 bits per heavy atom. The quantitative estimate of drug-likeness (QED) is 0.831. The van der Waals surface area contributed by atoms with Gasteiger partial charge in [0, 0.05) is 50.0 Å². The molecule has 1 fully saturated rings. The highest BCUT2D eigenvalue weighted by Gasteiger charge is 2.34. The fourth-order valence-electron chi connectivity index (χ4n) is 3.19. The molecular formula is C21H24ClN3O2. The Balaban J connectivity index is 1.53. The van der Waals surface area contributed by atoms with E-state index in [9.17, 15) is 9.59 Å². The predicted molar refractivity (Wildman–Crippen MR) is 109 cm³/mol. The molecule has 0 radical (unpaired) electrons. The summed E-state index contributed by atoms with van der Waals surface area (Å²) in [6.45, 7) is 0.968. The van der Waals surface area contributed by atoms with Crippen LogP contribution in [-0.2, 0) is 16.0 Å². The van der Waals surface area contributed by atoms with Crippen LogP contribution in [-0.4, -0.2) is 39.0 Å². The van der Waals surface area contributed by atoms with Crippen molar-refractivity contribution in [3.05, 3.63) is 59.1 Å². The monoisotopic (exact) mass is 385 g/mol. The van der Waals surface area contributed by atoms with Crippen LogP contribution in [0.15, 0.2) is 48.5 Å². The molecule has 0 spiro atoms. The molecule has 1 N–H and O–H groups in total. The summed E-state index contributed by atoms with van der Waals surface area (Å²) in [6, 6.07) is 15.4. The van der Waals surface area contributed by atoms with Crippen molar-refractivity contribution in [1.29, 1.82) is 0 Å². The Bertz CT molecular complexity index is 803. The SMILES string of the molecule is CN(C)c1ccc(N2CC(C(=O)NCCc3ccc(Cl)cc3)CC2=O)cc1. The molecule has 1 saturated heterocycles. The lowest BCUT2D eigenvalue weighted by Crippen LogP contribution is -2.34. The van der Waals surface area contributed by atoms with Crippen molar-refractivity contribution in [2.45, 2.75) is 12.8 Å². The van der Waals surface area contributed by atoms with Crippen molar-refractivity contribution in [3.63, 3.8) is 0 Å². The number of nitrogens with zero attached hydrogens (tertiary/aromatic N) is 2. The minimum atomic E-state index is -0.309. The topological polar surface area (TPSA) is 52.6 Å². The zero-order chi connectivity index (χ0) is 19.4. The first-order valence-corrected chi connectivity index (χ1v) is 9.42. The lowest BCUT2D eigenvalue weighted by molar-refractivity contribution is -0.126. The first-order chi connectivity index (χ1) is 12.9. The van der Waals surface area contributed by atoms with Gasteiger partial charge < -0.3 is 15.1 Å². The summed E-state index contributed by atoms with van der Waals surface area (Å²) in [6.07, 6.45) is 0.988. The van der Waals surface area contributed by atoms with E-state index >= 15 is 0 Å². The molecule has 5 nitrogen and oxygen atoms in total. The average Bonchev–Trinajstić information content (AvgIpc) is 3.05. The maximum atomic E-state index is 12.4. The van der Waals surface area contributed by atoms with Crippen LogP contribution in [0.2, 0.25) is 5.02 Å². The van der Waals surface area contributed by atoms with Crippen molar-refractivity contribution in [2.75, 3.05) is 37.0 Å². The molecule has 1 heterocycles. The number of anilines is 2. The predicted octanol–water partition coefficient (Wildman–Crippen LogP) is 3.12. The van der Waals surface area contributed by atoms with Crippen molar-refractivity contribution in [2.24, 2.45) is 5.92 Å². The third-order valence-corrected chi connectivity index (χ3v) is 5.05. The Labute approximate surface area is 164 Å². The second kappa shape index (κ2) is 8.44. The second-order valence-corrected chi connectivity index (χ2v) is 7.42. The van der Waals surface area contributed by atoms with Gasteiger partial charge in [0.25, 0.3) is 0 Å². The number of nitrogens with one attached hydrogen (secondary N) is 1. The van der Waals surface area contributed by atoms with Crippen LogP contribution in [0.4, 0.5) is 11.4 Å². The molecule has 27 heavy (non-hydrogen) atoms. The van der Waals surface area contributed by atoms with E-state index in [1.807, 2.05) is 67.5 Å². The third kappa shape index (κ3) is 4.80. The van der Waals surface area contributed by atoms with Crippen LogP contribution in [0.1, 0.15) is 12.0 Å². The molecule has 2 aromatic carbocycles. The fourth-order valence-corrected chi connectivity index (χ4v) is 3.31. The maximum absolute atomic E-state index is 12.4. The summed E-state index contributed by atoms with van der Waals surface area (Å²) >= 11 is 5.88. The van der Waals surface area contributed by atoms with Crippen LogP contribution in [0, 0.1) is 5.92 Å². The van der Waals surface area contributed by atoms with Crippen LogP contribution in [0.25, 0.3) is 0 Å². The summed E-state index contributed by atoms with van der Waals surface area (Å²) in [5.41, 5.74) is 3.02. The molecule has 2 aromatic rings. The second-order valence-electron chi connectivity index (χ2n) is 6.98. The Morgan fingerprint density at radius 1 is 1.15 bits per heavy atom. The molecule has 6 heteroatoms. The van der Waals surface area contributed by atoms with Crippen molar-refractivity contribution >= 4 is 34.8 Å². The number of hydrogen-bond donors (Lipinski definition) is 1. The molecule has 1 atom stereocenters. The number of halogens is 1. The number of hydrogen-bond acceptors (Lipinski definition) is 3. The first kappa shape index (κ1) is 19.2. The van der Waals surface area contributed by atoms with Gasteiger partial charge in [0.2, 0.25) is 11.8 Å². The molecule has 1 aliphatic heterocycles. The van der Waals surface area contributed by atoms with Crippen LogP contribution in [0.5, 0.6) is 0 Å². The largest absolute Gasteiger partial charge is 0.378 e. The smallest absolute Gasteiger partial charge is 0.227 e. The van der Waals surface area contributed by atoms with Gasteiger partial charge in [-0.3, -0.25) is 9.59 Å². The lowest BCUT2D eigenvalue weighted by atomic mass is 10.1. The van der Waals surface area contributed by atoms with Gasteiger partial charge >= 0.3 is 0 Å². The Kier molecular flexibility index (Phi) is 6.01. The maximum Gasteiger partial charge on any atom is 0.227 e. The average molecular weight is 386 g/mol. The van der Waals surface area contributed by atoms with Gasteiger partial charge in [0.1, 0.15) is 0 Å². The zero-order valence-electron chi connectivity index (χ0n) is 15.6. The summed E-state index contributed by atoms with van der Waals surface area (Å²) in [7, 11) is 3.95. The highest BCUT2D eigenvalue weighted by molar-refractivity contribution is 6.30. The number of carbonyl (C=O) groups is 2. The van der Waals surface area contributed by atoms with E-state index in [2.05, 4.69) is 5.32 Å². The molecule has 0 aliphatic carbocycles. The summed E-state index contributed by atoms with van der Waals surface area (Å²) in [4.78, 5) is 28.5. The van der Waals surface area contributed by atoms with E-state index in [1.165, 1.54) is 0 Å². The van der Waals surface area contributed by atoms with Gasteiger partial charge in [-0.15, -0.1) is 0 Å². The number of rotatable bonds is 6. The van der Waals surface area contributed by atoms with Gasteiger partial charge in [-0.05, 0) is 48.4 Å². The number of carbonyl (C=O) groups excluding carboxylic acids is 2. The highest BCUT2D eigenvalue weighted by Crippen LogP contribution is 2.27. The van der Waals surface area contributed by atoms with E-state index in [1.54, 1.807) is 4.90 Å². The van der Waals surface area contributed by atoms with E-state index in [-0.39, 0.29) is 24.2 Å². The highest BCUT2D eigenvalue weighted by atomic mass is 35.5. The van der Waals surface area contributed by atoms with E-state index < -0.39 is 0 Å². The summed E-state index contributed by atoms with van der Waals surface area (Å²) < 4.78 is 0. The number of amides is 2. The molecule has 1 unspecified atom stereocenters. The third-order valence-electron chi connectivity index (χ3n) is 4.80. The van der Waals surface area contributed by atoms with Crippen molar-refractivity contribution in [3.8, 4) is 0 Å². The molecule has 0 aromatic heterocycles. The standard InChI is InChI=1S/C21H24ClN3O2/c1-24(2)18-7-9-19(10-8-18)25-14-16(13-20(25)26)21(27)23-12-11-15-3-5-17(22)6-4-15/h3-10,16H,11-14H2,1-2H3,(H,23,27). The van der Waals surface area contributed by atoms with Gasteiger partial charge in [0.15, 0.2) is 0 Å². The van der Waals surface area contributed by atoms with Crippen LogP contribution in [0.3, 0.4) is 0 Å². The van der Waals surface area contributed by atoms with Crippen LogP contribution >= 0.6 is 11.6 Å². The van der Waals surface area contributed by atoms with Gasteiger partial charge in [-0.25, -0.2) is 0 Å². The normalized spacial score (nSPS) is 16.5. The molecule has 2 amide bonds. The van der Waals surface area contributed by atoms with Crippen molar-refractivity contribution < 1.29 is 9.59 Å². The molecule has 142 valence electrons. The van der Waals surface area contributed by atoms with Crippen LogP contribution < -0.4 is 15.1 Å². The minimum absolute atomic E-state index is 0.00884. The van der Waals surface area contributed by atoms with Gasteiger partial charge in [-0.2, -0.15) is 0 Å². The van der Waals surface area contributed by atoms with Gasteiger partial charge in [-0.1, -0.05) is 23.7 Å². The molecule has 0 saturated carbocycles. The summed E-state index contributed by atoms with van der Waals surface area (Å²) in [5.74, 6) is -0.383. The van der Waals surface area contributed by atoms with Crippen molar-refractivity contribution in [1.82, 2.24) is 5.32 Å². The number of benzene rings is 2. The Morgan fingerprint density at radius 3 is 2.44 bits per heavy atom. The van der Waals surface area contributed by atoms with E-state index in [4.69, 9.17) is 11.6 Å². The Hall–Kier alpha value is -2.53. The molecule has 1 aliphatic rings. The fraction of sp³-hybridized carbons (Fsp3) is 0.333. The molecule has 3 rings (SSSR count). The van der Waals surface area contributed by atoms with Gasteiger partial charge in [0.05, 0.1) is 5.92 Å². The lowest BCUT2D eigenvalue weighted by Gasteiger charge is -2.19. The molecular weight excluding hydrogens is 362 g/mol. The summed E-state index contributed by atoms with van der Waals surface area (Å²) in [5, 5.41) is 3.65. The van der Waals surface area contributed by atoms with E-state index in [0.717, 1.165) is 23.4 Å². The molecule has 0 bridgehead atoms. The minimum Gasteiger partial charge on any atom is -0.378 e.